The van der Waals surface area contributed by atoms with E-state index in [-0.39, 0.29) is 0 Å². The van der Waals surface area contributed by atoms with Gasteiger partial charge >= 0.3 is 0 Å². The number of likely N-dealkylation sites (tertiary alicyclic amines) is 1. The monoisotopic (exact) mass is 326 g/mol. The first-order valence-corrected chi connectivity index (χ1v) is 9.06. The zero-order chi connectivity index (χ0) is 16.7. The van der Waals surface area contributed by atoms with E-state index in [1.54, 1.807) is 0 Å². The molecule has 0 unspecified atom stereocenters. The summed E-state index contributed by atoms with van der Waals surface area (Å²) in [6.45, 7) is 4.80. The van der Waals surface area contributed by atoms with Gasteiger partial charge < -0.3 is 14.8 Å². The number of benzene rings is 1. The topological polar surface area (TPSA) is 50.2 Å². The van der Waals surface area contributed by atoms with Gasteiger partial charge in [0.15, 0.2) is 0 Å². The minimum atomic E-state index is 0.335. The Labute approximate surface area is 143 Å². The van der Waals surface area contributed by atoms with E-state index in [1.807, 2.05) is 6.07 Å². The second kappa shape index (κ2) is 6.20. The van der Waals surface area contributed by atoms with Gasteiger partial charge in [-0.15, -0.1) is 0 Å². The second-order valence-electron chi connectivity index (χ2n) is 7.39. The molecule has 24 heavy (non-hydrogen) atoms. The lowest BCUT2D eigenvalue weighted by Gasteiger charge is -2.37. The number of carbonyl (C=O) groups excluding carboxylic acids is 1. The average molecular weight is 326 g/mol. The second-order valence-corrected chi connectivity index (χ2v) is 7.39. The molecule has 0 spiro atoms. The maximum Gasteiger partial charge on any atom is 0.225 e. The van der Waals surface area contributed by atoms with Gasteiger partial charge in [-0.2, -0.15) is 0 Å². The number of nitrogens with zero attached hydrogens (tertiary/aromatic N) is 3. The molecule has 5 heteroatoms. The van der Waals surface area contributed by atoms with Crippen LogP contribution >= 0.6 is 0 Å². The molecule has 1 aromatic carbocycles. The minimum Gasteiger partial charge on any atom is -0.342 e. The predicted molar refractivity (Wildman–Crippen MR) is 94.4 cm³/mol. The molecule has 1 N–H and O–H groups in total. The van der Waals surface area contributed by atoms with E-state index >= 15 is 0 Å². The Morgan fingerprint density at radius 3 is 2.79 bits per heavy atom. The third-order valence-electron chi connectivity index (χ3n) is 5.55. The van der Waals surface area contributed by atoms with Crippen molar-refractivity contribution < 1.29 is 4.79 Å². The molecule has 0 radical (unpaired) electrons. The van der Waals surface area contributed by atoms with Crippen LogP contribution in [0.25, 0.3) is 11.0 Å². The summed E-state index contributed by atoms with van der Waals surface area (Å²) in [5.41, 5.74) is 2.22. The highest BCUT2D eigenvalue weighted by Gasteiger charge is 2.36. The number of amides is 1. The Hall–Kier alpha value is -1.88. The first-order valence-electron chi connectivity index (χ1n) is 9.06. The van der Waals surface area contributed by atoms with Crippen LogP contribution in [0.4, 0.5) is 0 Å². The van der Waals surface area contributed by atoms with Crippen molar-refractivity contribution >= 4 is 16.9 Å². The molecule has 1 aliphatic carbocycles. The van der Waals surface area contributed by atoms with Crippen LogP contribution in [0.1, 0.15) is 32.0 Å². The number of para-hydroxylation sites is 2. The first-order chi connectivity index (χ1) is 11.6. The van der Waals surface area contributed by atoms with Crippen molar-refractivity contribution in [3.05, 3.63) is 30.1 Å². The van der Waals surface area contributed by atoms with E-state index < -0.39 is 0 Å². The van der Waals surface area contributed by atoms with Crippen LogP contribution in [0.5, 0.6) is 0 Å². The van der Waals surface area contributed by atoms with Crippen LogP contribution in [0.3, 0.4) is 0 Å². The van der Waals surface area contributed by atoms with E-state index in [1.165, 1.54) is 5.52 Å². The van der Waals surface area contributed by atoms with E-state index in [2.05, 4.69) is 47.0 Å². The van der Waals surface area contributed by atoms with E-state index in [0.29, 0.717) is 23.8 Å². The molecule has 2 aromatic rings. The van der Waals surface area contributed by atoms with Gasteiger partial charge in [-0.25, -0.2) is 4.98 Å². The number of hydrogen-bond acceptors (Lipinski definition) is 3. The molecular formula is C19H26N4O. The summed E-state index contributed by atoms with van der Waals surface area (Å²) in [5, 5.41) is 3.67. The van der Waals surface area contributed by atoms with Crippen LogP contribution in [-0.4, -0.2) is 39.5 Å². The number of nitrogens with one attached hydrogen (secondary N) is 1. The van der Waals surface area contributed by atoms with Crippen LogP contribution in [0.15, 0.2) is 24.3 Å². The predicted octanol–water partition coefficient (Wildman–Crippen LogP) is 2.31. The van der Waals surface area contributed by atoms with Crippen molar-refractivity contribution in [2.75, 3.05) is 13.1 Å². The number of piperidine rings is 1. The van der Waals surface area contributed by atoms with E-state index in [4.69, 9.17) is 4.98 Å². The van der Waals surface area contributed by atoms with Crippen molar-refractivity contribution in [1.82, 2.24) is 19.8 Å². The molecule has 1 saturated heterocycles. The molecule has 1 amide bonds. The molecule has 2 fully saturated rings. The number of fused-ring (bicyclic) bond motifs is 1. The molecule has 1 aliphatic heterocycles. The molecule has 4 rings (SSSR count). The van der Waals surface area contributed by atoms with Crippen LogP contribution in [-0.2, 0) is 18.4 Å². The van der Waals surface area contributed by atoms with Gasteiger partial charge in [-0.1, -0.05) is 19.1 Å². The van der Waals surface area contributed by atoms with E-state index in [9.17, 15) is 4.79 Å². The van der Waals surface area contributed by atoms with Crippen molar-refractivity contribution in [3.8, 4) is 0 Å². The zero-order valence-corrected chi connectivity index (χ0v) is 14.5. The molecule has 1 saturated carbocycles. The normalized spacial score (nSPS) is 24.5. The van der Waals surface area contributed by atoms with Gasteiger partial charge in [0.25, 0.3) is 0 Å². The highest BCUT2D eigenvalue weighted by molar-refractivity contribution is 5.81. The Morgan fingerprint density at radius 2 is 2.08 bits per heavy atom. The Morgan fingerprint density at radius 1 is 1.29 bits per heavy atom. The van der Waals surface area contributed by atoms with Crippen molar-refractivity contribution in [3.63, 3.8) is 0 Å². The third-order valence-corrected chi connectivity index (χ3v) is 5.55. The lowest BCUT2D eigenvalue weighted by atomic mass is 9.93. The Balaban J connectivity index is 1.37. The summed E-state index contributed by atoms with van der Waals surface area (Å²) in [5.74, 6) is 2.27. The van der Waals surface area contributed by atoms with Crippen LogP contribution < -0.4 is 5.32 Å². The van der Waals surface area contributed by atoms with Crippen molar-refractivity contribution in [2.24, 2.45) is 18.9 Å². The molecule has 0 bridgehead atoms. The fourth-order valence-corrected chi connectivity index (χ4v) is 3.81. The van der Waals surface area contributed by atoms with Crippen molar-refractivity contribution in [2.45, 2.75) is 38.8 Å². The van der Waals surface area contributed by atoms with Crippen molar-refractivity contribution in [1.29, 1.82) is 0 Å². The maximum atomic E-state index is 12.2. The third kappa shape index (κ3) is 2.93. The summed E-state index contributed by atoms with van der Waals surface area (Å²) in [6.07, 6.45) is 3.22. The lowest BCUT2D eigenvalue weighted by Crippen LogP contribution is -2.50. The lowest BCUT2D eigenvalue weighted by molar-refractivity contribution is -0.134. The maximum absolute atomic E-state index is 12.2. The highest BCUT2D eigenvalue weighted by atomic mass is 16.2. The smallest absolute Gasteiger partial charge is 0.225 e. The van der Waals surface area contributed by atoms with Gasteiger partial charge in [0.1, 0.15) is 5.82 Å². The summed E-state index contributed by atoms with van der Waals surface area (Å²) >= 11 is 0. The Bertz CT molecular complexity index is 749. The summed E-state index contributed by atoms with van der Waals surface area (Å²) in [6, 6.07) is 8.70. The zero-order valence-electron chi connectivity index (χ0n) is 14.5. The van der Waals surface area contributed by atoms with Crippen LogP contribution in [0.2, 0.25) is 0 Å². The summed E-state index contributed by atoms with van der Waals surface area (Å²) < 4.78 is 2.17. The largest absolute Gasteiger partial charge is 0.342 e. The number of aryl methyl sites for hydroxylation is 1. The fraction of sp³-hybridized carbons (Fsp3) is 0.579. The summed E-state index contributed by atoms with van der Waals surface area (Å²) in [7, 11) is 2.08. The molecule has 2 aliphatic rings. The molecular weight excluding hydrogens is 300 g/mol. The number of rotatable bonds is 4. The highest BCUT2D eigenvalue weighted by Crippen LogP contribution is 2.32. The molecule has 2 heterocycles. The Kier molecular flexibility index (Phi) is 4.04. The number of imidazole rings is 1. The van der Waals surface area contributed by atoms with Crippen LogP contribution in [0, 0.1) is 11.8 Å². The number of carbonyl (C=O) groups is 1. The van der Waals surface area contributed by atoms with Gasteiger partial charge in [-0.3, -0.25) is 4.79 Å². The molecule has 5 nitrogen and oxygen atoms in total. The SMILES string of the molecule is C[C@H]1CN(C(=O)C2CC2)CC[C@@H]1NCc1nc2ccccc2n1C. The van der Waals surface area contributed by atoms with Gasteiger partial charge in [0.05, 0.1) is 17.6 Å². The van der Waals surface area contributed by atoms with Gasteiger partial charge in [-0.05, 0) is 37.3 Å². The average Bonchev–Trinajstić information content (AvgIpc) is 3.39. The standard InChI is InChI=1S/C19H26N4O/c1-13-12-23(19(24)14-7-8-14)10-9-15(13)20-11-18-21-16-5-3-4-6-17(16)22(18)2/h3-6,13-15,20H,7-12H2,1-2H3/t13-,15-/m0/s1. The number of hydrogen-bond donors (Lipinski definition) is 1. The molecule has 128 valence electrons. The molecule has 2 atom stereocenters. The van der Waals surface area contributed by atoms with E-state index in [0.717, 1.165) is 50.2 Å². The fourth-order valence-electron chi connectivity index (χ4n) is 3.81. The van der Waals surface area contributed by atoms with Gasteiger partial charge in [0.2, 0.25) is 5.91 Å². The first kappa shape index (κ1) is 15.6. The molecule has 1 aromatic heterocycles. The minimum absolute atomic E-state index is 0.335. The number of aromatic nitrogens is 2. The quantitative estimate of drug-likeness (QED) is 0.938. The van der Waals surface area contributed by atoms with Gasteiger partial charge in [0, 0.05) is 32.1 Å². The summed E-state index contributed by atoms with van der Waals surface area (Å²) in [4.78, 5) is 19.0.